The lowest BCUT2D eigenvalue weighted by molar-refractivity contribution is 0.109. The van der Waals surface area contributed by atoms with Crippen LogP contribution >= 0.6 is 11.8 Å². The molecule has 0 aromatic heterocycles. The van der Waals surface area contributed by atoms with Gasteiger partial charge in [-0.25, -0.2) is 8.42 Å². The van der Waals surface area contributed by atoms with Crippen molar-refractivity contribution in [3.63, 3.8) is 0 Å². The average molecular weight is 306 g/mol. The molecule has 1 saturated heterocycles. The lowest BCUT2D eigenvalue weighted by Gasteiger charge is -2.44. The van der Waals surface area contributed by atoms with E-state index in [4.69, 9.17) is 5.73 Å². The Labute approximate surface area is 121 Å². The van der Waals surface area contributed by atoms with E-state index in [1.54, 1.807) is 11.8 Å². The summed E-state index contributed by atoms with van der Waals surface area (Å²) in [6.45, 7) is 2.43. The molecule has 1 unspecified atom stereocenters. The van der Waals surface area contributed by atoms with Crippen molar-refractivity contribution in [2.24, 2.45) is 11.1 Å². The Hall–Kier alpha value is 0.220. The first-order valence-electron chi connectivity index (χ1n) is 7.18. The second kappa shape index (κ2) is 6.33. The Morgan fingerprint density at radius 1 is 1.32 bits per heavy atom. The van der Waals surface area contributed by atoms with Gasteiger partial charge in [0.05, 0.1) is 0 Å². The Morgan fingerprint density at radius 2 is 2.00 bits per heavy atom. The third kappa shape index (κ3) is 3.86. The summed E-state index contributed by atoms with van der Waals surface area (Å²) in [4.78, 5) is 2.18. The fraction of sp³-hybridized carbons (Fsp3) is 1.00. The average Bonchev–Trinajstić information content (AvgIpc) is 2.39. The third-order valence-corrected chi connectivity index (χ3v) is 7.26. The number of hydrogen-bond donors (Lipinski definition) is 1. The van der Waals surface area contributed by atoms with Gasteiger partial charge in [0.25, 0.3) is 0 Å². The van der Waals surface area contributed by atoms with Crippen molar-refractivity contribution in [1.29, 1.82) is 0 Å². The lowest BCUT2D eigenvalue weighted by atomic mass is 9.73. The number of hydrogen-bond acceptors (Lipinski definition) is 5. The molecule has 1 aliphatic heterocycles. The number of nitrogens with zero attached hydrogens (tertiary/aromatic N) is 1. The maximum Gasteiger partial charge on any atom is 0.164 e. The van der Waals surface area contributed by atoms with E-state index >= 15 is 0 Å². The molecule has 0 radical (unpaired) electrons. The highest BCUT2D eigenvalue weighted by Gasteiger charge is 2.38. The molecule has 0 spiro atoms. The van der Waals surface area contributed by atoms with Crippen molar-refractivity contribution >= 4 is 21.6 Å². The van der Waals surface area contributed by atoms with Gasteiger partial charge in [-0.2, -0.15) is 11.8 Å². The topological polar surface area (TPSA) is 63.4 Å². The predicted molar refractivity (Wildman–Crippen MR) is 82.1 cm³/mol. The minimum absolute atomic E-state index is 0.156. The summed E-state index contributed by atoms with van der Waals surface area (Å²) in [6, 6.07) is 0. The maximum atomic E-state index is 11.9. The Morgan fingerprint density at radius 3 is 2.58 bits per heavy atom. The molecule has 0 aromatic rings. The smallest absolute Gasteiger partial charge is 0.164 e. The van der Waals surface area contributed by atoms with Gasteiger partial charge in [-0.1, -0.05) is 19.3 Å². The predicted octanol–water partition coefficient (Wildman–Crippen LogP) is 1.32. The van der Waals surface area contributed by atoms with Crippen LogP contribution in [0, 0.1) is 5.41 Å². The molecular weight excluding hydrogens is 280 g/mol. The monoisotopic (exact) mass is 306 g/mol. The van der Waals surface area contributed by atoms with Gasteiger partial charge in [-0.05, 0) is 24.8 Å². The van der Waals surface area contributed by atoms with Crippen LogP contribution in [0.2, 0.25) is 0 Å². The van der Waals surface area contributed by atoms with Crippen molar-refractivity contribution < 1.29 is 8.42 Å². The van der Waals surface area contributed by atoms with Gasteiger partial charge < -0.3 is 5.73 Å². The summed E-state index contributed by atoms with van der Waals surface area (Å²) < 4.78 is 23.9. The summed E-state index contributed by atoms with van der Waals surface area (Å²) in [5, 5.41) is -0.309. The maximum absolute atomic E-state index is 11.9. The number of thioether (sulfide) groups is 1. The van der Waals surface area contributed by atoms with Crippen molar-refractivity contribution in [1.82, 2.24) is 4.90 Å². The lowest BCUT2D eigenvalue weighted by Crippen LogP contribution is -2.53. The van der Waals surface area contributed by atoms with E-state index in [1.807, 2.05) is 0 Å². The molecule has 1 heterocycles. The van der Waals surface area contributed by atoms with Crippen LogP contribution in [0.15, 0.2) is 0 Å². The second-order valence-electron chi connectivity index (χ2n) is 6.09. The van der Waals surface area contributed by atoms with Gasteiger partial charge >= 0.3 is 0 Å². The molecule has 2 N–H and O–H groups in total. The van der Waals surface area contributed by atoms with E-state index in [-0.39, 0.29) is 10.8 Å². The largest absolute Gasteiger partial charge is 0.330 e. The fourth-order valence-electron chi connectivity index (χ4n) is 3.35. The molecule has 2 rings (SSSR count). The molecule has 6 heteroatoms. The Balaban J connectivity index is 2.10. The van der Waals surface area contributed by atoms with Crippen molar-refractivity contribution in [3.8, 4) is 0 Å². The molecule has 4 nitrogen and oxygen atoms in total. The highest BCUT2D eigenvalue weighted by Crippen LogP contribution is 2.37. The molecule has 2 fully saturated rings. The Kier molecular flexibility index (Phi) is 5.20. The SMILES string of the molecule is CS(=O)(=O)C1CSCCN1CC1(CN)CCCCC1. The highest BCUT2D eigenvalue weighted by atomic mass is 32.2. The molecular formula is C13H26N2O2S2. The van der Waals surface area contributed by atoms with Gasteiger partial charge in [-0.15, -0.1) is 0 Å². The number of nitrogens with two attached hydrogens (primary N) is 1. The van der Waals surface area contributed by atoms with Crippen molar-refractivity contribution in [3.05, 3.63) is 0 Å². The quantitative estimate of drug-likeness (QED) is 0.848. The van der Waals surface area contributed by atoms with Crippen LogP contribution in [0.1, 0.15) is 32.1 Å². The molecule has 2 aliphatic rings. The summed E-state index contributed by atoms with van der Waals surface area (Å²) >= 11 is 1.75. The van der Waals surface area contributed by atoms with Gasteiger partial charge in [0.15, 0.2) is 9.84 Å². The summed E-state index contributed by atoms with van der Waals surface area (Å²) in [7, 11) is -3.00. The first-order chi connectivity index (χ1) is 8.97. The van der Waals surface area contributed by atoms with Crippen LogP contribution in [-0.2, 0) is 9.84 Å². The van der Waals surface area contributed by atoms with Crippen LogP contribution in [0.5, 0.6) is 0 Å². The van der Waals surface area contributed by atoms with E-state index in [0.717, 1.165) is 31.7 Å². The van der Waals surface area contributed by atoms with Gasteiger partial charge in [0.2, 0.25) is 0 Å². The van der Waals surface area contributed by atoms with Gasteiger partial charge in [-0.3, -0.25) is 4.90 Å². The minimum atomic E-state index is -3.00. The summed E-state index contributed by atoms with van der Waals surface area (Å²) in [5.41, 5.74) is 6.18. The number of rotatable bonds is 4. The van der Waals surface area contributed by atoms with E-state index < -0.39 is 9.84 Å². The van der Waals surface area contributed by atoms with Crippen LogP contribution in [-0.4, -0.2) is 56.1 Å². The standard InChI is InChI=1S/C13H26N2O2S2/c1-19(16,17)12-9-18-8-7-15(12)11-13(10-14)5-3-2-4-6-13/h12H,2-11,14H2,1H3. The van der Waals surface area contributed by atoms with Crippen LogP contribution in [0.25, 0.3) is 0 Å². The first kappa shape index (κ1) is 15.6. The fourth-order valence-corrected chi connectivity index (χ4v) is 6.29. The highest BCUT2D eigenvalue weighted by molar-refractivity contribution is 8.00. The van der Waals surface area contributed by atoms with Gasteiger partial charge in [0.1, 0.15) is 5.37 Å². The third-order valence-electron chi connectivity index (χ3n) is 4.57. The Bertz CT molecular complexity index is 391. The summed E-state index contributed by atoms with van der Waals surface area (Å²) in [6.07, 6.45) is 7.46. The molecule has 0 bridgehead atoms. The van der Waals surface area contributed by atoms with E-state index in [9.17, 15) is 8.42 Å². The normalized spacial score (nSPS) is 29.3. The number of sulfone groups is 1. The zero-order chi connectivity index (χ0) is 13.9. The zero-order valence-electron chi connectivity index (χ0n) is 11.8. The minimum Gasteiger partial charge on any atom is -0.330 e. The van der Waals surface area contributed by atoms with Crippen LogP contribution in [0.4, 0.5) is 0 Å². The molecule has 1 atom stereocenters. The molecule has 1 aliphatic carbocycles. The van der Waals surface area contributed by atoms with Gasteiger partial charge in [0, 0.05) is 30.9 Å². The molecule has 112 valence electrons. The van der Waals surface area contributed by atoms with E-state index in [2.05, 4.69) is 4.90 Å². The van der Waals surface area contributed by atoms with E-state index in [1.165, 1.54) is 25.5 Å². The first-order valence-corrected chi connectivity index (χ1v) is 10.3. The summed E-state index contributed by atoms with van der Waals surface area (Å²) in [5.74, 6) is 1.74. The van der Waals surface area contributed by atoms with Crippen molar-refractivity contribution in [2.45, 2.75) is 37.5 Å². The molecule has 0 aromatic carbocycles. The zero-order valence-corrected chi connectivity index (χ0v) is 13.4. The second-order valence-corrected chi connectivity index (χ2v) is 9.45. The van der Waals surface area contributed by atoms with Crippen LogP contribution < -0.4 is 5.73 Å². The molecule has 1 saturated carbocycles. The molecule has 19 heavy (non-hydrogen) atoms. The van der Waals surface area contributed by atoms with Crippen molar-refractivity contribution in [2.75, 3.05) is 37.4 Å². The molecule has 0 amide bonds. The van der Waals surface area contributed by atoms with E-state index in [0.29, 0.717) is 12.3 Å². The van der Waals surface area contributed by atoms with Crippen LogP contribution in [0.3, 0.4) is 0 Å².